The van der Waals surface area contributed by atoms with Gasteiger partial charge >= 0.3 is 0 Å². The first kappa shape index (κ1) is 18.3. The number of carbonyl (C=O) groups excluding carboxylic acids is 1. The molecule has 0 aromatic carbocycles. The lowest BCUT2D eigenvalue weighted by Crippen LogP contribution is -2.35. The van der Waals surface area contributed by atoms with Gasteiger partial charge in [0.25, 0.3) is 5.91 Å². The number of carbonyl (C=O) groups is 1. The largest absolute Gasteiger partial charge is 0.339 e. The Balaban J connectivity index is 1.67. The summed E-state index contributed by atoms with van der Waals surface area (Å²) in [7, 11) is -3.24. The molecule has 0 bridgehead atoms. The van der Waals surface area contributed by atoms with E-state index in [9.17, 15) is 13.2 Å². The normalized spacial score (nSPS) is 26.4. The molecule has 0 saturated carbocycles. The molecule has 2 saturated heterocycles. The molecule has 2 aliphatic heterocycles. The van der Waals surface area contributed by atoms with Crippen LogP contribution in [0.25, 0.3) is 0 Å². The van der Waals surface area contributed by atoms with Crippen LogP contribution in [-0.2, 0) is 10.0 Å². The second-order valence-corrected chi connectivity index (χ2v) is 9.64. The summed E-state index contributed by atoms with van der Waals surface area (Å²) in [5, 5.41) is -0.338. The highest BCUT2D eigenvalue weighted by Crippen LogP contribution is 2.34. The summed E-state index contributed by atoms with van der Waals surface area (Å²) in [6.07, 6.45) is 5.39. The zero-order valence-corrected chi connectivity index (χ0v) is 15.8. The fraction of sp³-hybridized carbons (Fsp3) is 0.667. The van der Waals surface area contributed by atoms with Crippen LogP contribution < -0.4 is 0 Å². The smallest absolute Gasteiger partial charge is 0.253 e. The van der Waals surface area contributed by atoms with Crippen LogP contribution in [0.5, 0.6) is 0 Å². The van der Waals surface area contributed by atoms with Crippen molar-refractivity contribution in [2.24, 2.45) is 11.8 Å². The molecule has 0 aliphatic carbocycles. The van der Waals surface area contributed by atoms with Gasteiger partial charge in [-0.15, -0.1) is 0 Å². The van der Waals surface area contributed by atoms with Gasteiger partial charge in [-0.2, -0.15) is 0 Å². The zero-order chi connectivity index (χ0) is 18.0. The predicted octanol–water partition coefficient (Wildman–Crippen LogP) is 1.99. The highest BCUT2D eigenvalue weighted by atomic mass is 32.2. The van der Waals surface area contributed by atoms with E-state index in [4.69, 9.17) is 0 Å². The Hall–Kier alpha value is -1.47. The van der Waals surface area contributed by atoms with E-state index in [1.165, 1.54) is 0 Å². The number of hydrogen-bond acceptors (Lipinski definition) is 4. The van der Waals surface area contributed by atoms with Crippen LogP contribution in [0.1, 0.15) is 43.5 Å². The van der Waals surface area contributed by atoms with Gasteiger partial charge in [0.2, 0.25) is 10.0 Å². The maximum absolute atomic E-state index is 12.9. The van der Waals surface area contributed by atoms with Crippen LogP contribution in [0.3, 0.4) is 0 Å². The standard InChI is InChI=1S/C18H27N3O3S/c1-14(2)5-12-21-13-16-6-10-20(11-7-17(16)25(21,23)24)18(22)15-3-8-19-9-4-15/h3-4,8-9,14,16-17H,5-7,10-13H2,1-2H3/t16-,17-/m0/s1. The van der Waals surface area contributed by atoms with Crippen LogP contribution >= 0.6 is 0 Å². The molecule has 1 aromatic heterocycles. The molecule has 6 nitrogen and oxygen atoms in total. The maximum atomic E-state index is 12.9. The van der Waals surface area contributed by atoms with Crippen molar-refractivity contribution in [3.8, 4) is 0 Å². The van der Waals surface area contributed by atoms with E-state index in [0.29, 0.717) is 44.1 Å². The summed E-state index contributed by atoms with van der Waals surface area (Å²) >= 11 is 0. The molecule has 2 aliphatic rings. The second kappa shape index (κ2) is 7.41. The summed E-state index contributed by atoms with van der Waals surface area (Å²) in [6.45, 7) is 6.58. The van der Waals surface area contributed by atoms with Crippen LogP contribution in [0.2, 0.25) is 0 Å². The first-order chi connectivity index (χ1) is 11.9. The Bertz CT molecular complexity index is 706. The molecule has 1 amide bonds. The molecule has 2 fully saturated rings. The Morgan fingerprint density at radius 1 is 1.24 bits per heavy atom. The zero-order valence-electron chi connectivity index (χ0n) is 15.0. The number of sulfonamides is 1. The number of fused-ring (bicyclic) bond motifs is 1. The first-order valence-electron chi connectivity index (χ1n) is 9.08. The Labute approximate surface area is 150 Å². The fourth-order valence-corrected chi connectivity index (χ4v) is 6.05. The number of aromatic nitrogens is 1. The number of rotatable bonds is 4. The number of hydrogen-bond donors (Lipinski definition) is 0. The van der Waals surface area contributed by atoms with E-state index in [1.807, 2.05) is 0 Å². The molecule has 0 radical (unpaired) electrons. The lowest BCUT2D eigenvalue weighted by Gasteiger charge is -2.22. The number of amides is 1. The molecule has 0 N–H and O–H groups in total. The van der Waals surface area contributed by atoms with Crippen molar-refractivity contribution in [3.63, 3.8) is 0 Å². The van der Waals surface area contributed by atoms with Crippen LogP contribution in [0, 0.1) is 11.8 Å². The van der Waals surface area contributed by atoms with Crippen molar-refractivity contribution in [1.82, 2.24) is 14.2 Å². The maximum Gasteiger partial charge on any atom is 0.253 e. The van der Waals surface area contributed by atoms with Crippen LogP contribution in [0.4, 0.5) is 0 Å². The summed E-state index contributed by atoms with van der Waals surface area (Å²) in [5.74, 6) is 0.595. The Kier molecular flexibility index (Phi) is 5.43. The molecule has 3 rings (SSSR count). The van der Waals surface area contributed by atoms with Crippen molar-refractivity contribution < 1.29 is 13.2 Å². The minimum absolute atomic E-state index is 0.0311. The summed E-state index contributed by atoms with van der Waals surface area (Å²) in [5.41, 5.74) is 0.614. The first-order valence-corrected chi connectivity index (χ1v) is 10.6. The van der Waals surface area contributed by atoms with E-state index in [2.05, 4.69) is 18.8 Å². The van der Waals surface area contributed by atoms with Gasteiger partial charge in [0.15, 0.2) is 0 Å². The Morgan fingerprint density at radius 3 is 2.60 bits per heavy atom. The second-order valence-electron chi connectivity index (χ2n) is 7.49. The summed E-state index contributed by atoms with van der Waals surface area (Å²) < 4.78 is 27.4. The van der Waals surface area contributed by atoms with Crippen LogP contribution in [-0.4, -0.2) is 59.9 Å². The van der Waals surface area contributed by atoms with E-state index < -0.39 is 10.0 Å². The molecular formula is C18H27N3O3S. The van der Waals surface area contributed by atoms with Crippen molar-refractivity contribution in [2.75, 3.05) is 26.2 Å². The molecular weight excluding hydrogens is 338 g/mol. The van der Waals surface area contributed by atoms with Gasteiger partial charge in [-0.25, -0.2) is 12.7 Å². The highest BCUT2D eigenvalue weighted by molar-refractivity contribution is 7.90. The molecule has 2 atom stereocenters. The highest BCUT2D eigenvalue weighted by Gasteiger charge is 2.46. The molecule has 0 unspecified atom stereocenters. The third-order valence-corrected chi connectivity index (χ3v) is 7.77. The SMILES string of the molecule is CC(C)CCN1C[C@@H]2CCN(C(=O)c3ccncc3)CC[C@@H]2S1(=O)=O. The Morgan fingerprint density at radius 2 is 1.92 bits per heavy atom. The molecule has 7 heteroatoms. The lowest BCUT2D eigenvalue weighted by atomic mass is 10.0. The molecule has 1 aromatic rings. The van der Waals surface area contributed by atoms with E-state index >= 15 is 0 Å². The topological polar surface area (TPSA) is 70.6 Å². The average Bonchev–Trinajstić information content (AvgIpc) is 2.74. The van der Waals surface area contributed by atoms with Crippen molar-refractivity contribution in [3.05, 3.63) is 30.1 Å². The van der Waals surface area contributed by atoms with Gasteiger partial charge in [0.1, 0.15) is 0 Å². The molecule has 3 heterocycles. The molecule has 25 heavy (non-hydrogen) atoms. The van der Waals surface area contributed by atoms with Gasteiger partial charge in [0, 0.05) is 44.1 Å². The quantitative estimate of drug-likeness (QED) is 0.818. The molecule has 138 valence electrons. The lowest BCUT2D eigenvalue weighted by molar-refractivity contribution is 0.0759. The van der Waals surface area contributed by atoms with Crippen molar-refractivity contribution in [2.45, 2.75) is 38.4 Å². The van der Waals surface area contributed by atoms with Crippen molar-refractivity contribution in [1.29, 1.82) is 0 Å². The molecule has 0 spiro atoms. The summed E-state index contributed by atoms with van der Waals surface area (Å²) in [6, 6.07) is 3.41. The van der Waals surface area contributed by atoms with Crippen LogP contribution in [0.15, 0.2) is 24.5 Å². The third-order valence-electron chi connectivity index (χ3n) is 5.33. The number of likely N-dealkylation sites (tertiary alicyclic amines) is 1. The monoisotopic (exact) mass is 365 g/mol. The average molecular weight is 365 g/mol. The van der Waals surface area contributed by atoms with Gasteiger partial charge in [0.05, 0.1) is 5.25 Å². The predicted molar refractivity (Wildman–Crippen MR) is 96.6 cm³/mol. The van der Waals surface area contributed by atoms with Gasteiger partial charge in [-0.1, -0.05) is 13.8 Å². The summed E-state index contributed by atoms with van der Waals surface area (Å²) in [4.78, 5) is 18.3. The minimum atomic E-state index is -3.24. The minimum Gasteiger partial charge on any atom is -0.339 e. The number of pyridine rings is 1. The number of nitrogens with zero attached hydrogens (tertiary/aromatic N) is 3. The van der Waals surface area contributed by atoms with Gasteiger partial charge in [-0.3, -0.25) is 9.78 Å². The van der Waals surface area contributed by atoms with Gasteiger partial charge in [-0.05, 0) is 43.2 Å². The van der Waals surface area contributed by atoms with E-state index in [-0.39, 0.29) is 17.1 Å². The van der Waals surface area contributed by atoms with E-state index in [1.54, 1.807) is 33.7 Å². The fourth-order valence-electron chi connectivity index (χ4n) is 3.80. The third kappa shape index (κ3) is 3.87. The van der Waals surface area contributed by atoms with E-state index in [0.717, 1.165) is 12.8 Å². The van der Waals surface area contributed by atoms with Crippen molar-refractivity contribution >= 4 is 15.9 Å². The van der Waals surface area contributed by atoms with Gasteiger partial charge < -0.3 is 4.90 Å².